The van der Waals surface area contributed by atoms with E-state index >= 15 is 0 Å². The third-order valence-electron chi connectivity index (χ3n) is 4.72. The summed E-state index contributed by atoms with van der Waals surface area (Å²) in [5.74, 6) is 0.0491. The Morgan fingerprint density at radius 1 is 1.25 bits per heavy atom. The predicted molar refractivity (Wildman–Crippen MR) is 81.9 cm³/mol. The van der Waals surface area contributed by atoms with Crippen molar-refractivity contribution in [3.63, 3.8) is 0 Å². The zero-order valence-electron chi connectivity index (χ0n) is 11.7. The van der Waals surface area contributed by atoms with Gasteiger partial charge in [0.2, 0.25) is 0 Å². The normalized spacial score (nSPS) is 20.7. The molecule has 2 aliphatic rings. The predicted octanol–water partition coefficient (Wildman–Crippen LogP) is 2.88. The number of hydrogen-bond donors (Lipinski definition) is 1. The van der Waals surface area contributed by atoms with Crippen LogP contribution in [0.2, 0.25) is 0 Å². The molecule has 0 aromatic carbocycles. The summed E-state index contributed by atoms with van der Waals surface area (Å²) < 4.78 is 0. The van der Waals surface area contributed by atoms with Crippen molar-refractivity contribution in [2.24, 2.45) is 5.41 Å². The lowest BCUT2D eigenvalue weighted by Gasteiger charge is -2.33. The molecule has 4 nitrogen and oxygen atoms in total. The zero-order chi connectivity index (χ0) is 13.3. The van der Waals surface area contributed by atoms with Crippen LogP contribution in [0.3, 0.4) is 0 Å². The SMILES string of the molecule is Cl.Nc1ccncc1C(=O)N1CCC2(CCCCC2)C1. The fourth-order valence-corrected chi connectivity index (χ4v) is 3.57. The Morgan fingerprint density at radius 2 is 2.00 bits per heavy atom. The molecule has 0 atom stereocenters. The average molecular weight is 296 g/mol. The molecule has 1 aliphatic carbocycles. The molecular weight excluding hydrogens is 274 g/mol. The van der Waals surface area contributed by atoms with Gasteiger partial charge < -0.3 is 10.6 Å². The first kappa shape index (κ1) is 15.1. The highest BCUT2D eigenvalue weighted by molar-refractivity contribution is 5.98. The van der Waals surface area contributed by atoms with Gasteiger partial charge in [0.25, 0.3) is 5.91 Å². The first-order chi connectivity index (χ1) is 9.20. The smallest absolute Gasteiger partial charge is 0.257 e. The van der Waals surface area contributed by atoms with E-state index in [-0.39, 0.29) is 18.3 Å². The molecule has 2 heterocycles. The number of nitrogens with zero attached hydrogens (tertiary/aromatic N) is 2. The van der Waals surface area contributed by atoms with Gasteiger partial charge >= 0.3 is 0 Å². The number of carbonyl (C=O) groups is 1. The largest absolute Gasteiger partial charge is 0.398 e. The topological polar surface area (TPSA) is 59.2 Å². The van der Waals surface area contributed by atoms with E-state index in [0.29, 0.717) is 16.7 Å². The highest BCUT2D eigenvalue weighted by Gasteiger charge is 2.40. The maximum absolute atomic E-state index is 12.5. The Hall–Kier alpha value is -1.29. The molecular formula is C15H22ClN3O. The Morgan fingerprint density at radius 3 is 2.70 bits per heavy atom. The first-order valence-electron chi connectivity index (χ1n) is 7.19. The van der Waals surface area contributed by atoms with Crippen molar-refractivity contribution in [3.8, 4) is 0 Å². The van der Waals surface area contributed by atoms with E-state index < -0.39 is 0 Å². The number of hydrogen-bond acceptors (Lipinski definition) is 3. The van der Waals surface area contributed by atoms with Crippen LogP contribution in [0, 0.1) is 5.41 Å². The highest BCUT2D eigenvalue weighted by atomic mass is 35.5. The van der Waals surface area contributed by atoms with Gasteiger partial charge in [-0.25, -0.2) is 0 Å². The van der Waals surface area contributed by atoms with Gasteiger partial charge in [0, 0.05) is 31.2 Å². The number of carbonyl (C=O) groups excluding carboxylic acids is 1. The van der Waals surface area contributed by atoms with Gasteiger partial charge in [0.1, 0.15) is 0 Å². The van der Waals surface area contributed by atoms with Crippen molar-refractivity contribution in [1.29, 1.82) is 0 Å². The summed E-state index contributed by atoms with van der Waals surface area (Å²) in [6.45, 7) is 1.77. The molecule has 0 radical (unpaired) electrons. The molecule has 0 unspecified atom stereocenters. The Kier molecular flexibility index (Phi) is 4.53. The van der Waals surface area contributed by atoms with Crippen molar-refractivity contribution in [2.75, 3.05) is 18.8 Å². The number of amides is 1. The maximum atomic E-state index is 12.5. The van der Waals surface area contributed by atoms with E-state index in [4.69, 9.17) is 5.73 Å². The van der Waals surface area contributed by atoms with E-state index in [1.165, 1.54) is 32.1 Å². The molecule has 5 heteroatoms. The number of anilines is 1. The van der Waals surface area contributed by atoms with Crippen LogP contribution in [0.25, 0.3) is 0 Å². The summed E-state index contributed by atoms with van der Waals surface area (Å²) in [6.07, 6.45) is 10.9. The monoisotopic (exact) mass is 295 g/mol. The van der Waals surface area contributed by atoms with Crippen LogP contribution in [0.5, 0.6) is 0 Å². The summed E-state index contributed by atoms with van der Waals surface area (Å²) in [7, 11) is 0. The minimum absolute atomic E-state index is 0. The van der Waals surface area contributed by atoms with Gasteiger partial charge in [-0.2, -0.15) is 0 Å². The van der Waals surface area contributed by atoms with Gasteiger partial charge in [-0.05, 0) is 30.7 Å². The second-order valence-electron chi connectivity index (χ2n) is 6.00. The number of nitrogen functional groups attached to an aromatic ring is 1. The molecule has 1 aromatic heterocycles. The van der Waals surface area contributed by atoms with E-state index in [1.807, 2.05) is 4.90 Å². The van der Waals surface area contributed by atoms with Gasteiger partial charge in [0.05, 0.1) is 5.56 Å². The number of likely N-dealkylation sites (tertiary alicyclic amines) is 1. The summed E-state index contributed by atoms with van der Waals surface area (Å²) >= 11 is 0. The fourth-order valence-electron chi connectivity index (χ4n) is 3.57. The Labute approximate surface area is 126 Å². The Balaban J connectivity index is 0.00000147. The lowest BCUT2D eigenvalue weighted by Crippen LogP contribution is -2.33. The Bertz CT molecular complexity index is 486. The fraction of sp³-hybridized carbons (Fsp3) is 0.600. The summed E-state index contributed by atoms with van der Waals surface area (Å²) in [4.78, 5) is 18.5. The minimum Gasteiger partial charge on any atom is -0.398 e. The van der Waals surface area contributed by atoms with Crippen molar-refractivity contribution < 1.29 is 4.79 Å². The number of aromatic nitrogens is 1. The van der Waals surface area contributed by atoms with Crippen LogP contribution in [0.15, 0.2) is 18.5 Å². The lowest BCUT2D eigenvalue weighted by atomic mass is 9.73. The number of rotatable bonds is 1. The average Bonchev–Trinajstić information content (AvgIpc) is 2.83. The number of pyridine rings is 1. The van der Waals surface area contributed by atoms with Crippen LogP contribution in [-0.2, 0) is 0 Å². The molecule has 2 N–H and O–H groups in total. The molecule has 20 heavy (non-hydrogen) atoms. The maximum Gasteiger partial charge on any atom is 0.257 e. The van der Waals surface area contributed by atoms with Crippen LogP contribution in [-0.4, -0.2) is 28.9 Å². The van der Waals surface area contributed by atoms with Crippen LogP contribution in [0.4, 0.5) is 5.69 Å². The van der Waals surface area contributed by atoms with Crippen LogP contribution >= 0.6 is 12.4 Å². The molecule has 0 bridgehead atoms. The third kappa shape index (κ3) is 2.75. The molecule has 1 aromatic rings. The van der Waals surface area contributed by atoms with Crippen LogP contribution in [0.1, 0.15) is 48.9 Å². The minimum atomic E-state index is 0. The summed E-state index contributed by atoms with van der Waals surface area (Å²) in [5.41, 5.74) is 7.35. The quantitative estimate of drug-likeness (QED) is 0.866. The molecule has 1 amide bonds. The number of halogens is 1. The van der Waals surface area contributed by atoms with Crippen molar-refractivity contribution in [2.45, 2.75) is 38.5 Å². The van der Waals surface area contributed by atoms with Crippen molar-refractivity contribution >= 4 is 24.0 Å². The second kappa shape index (κ2) is 6.00. The standard InChI is InChI=1S/C15H21N3O.ClH/c16-13-4-8-17-10-12(13)14(19)18-9-7-15(11-18)5-2-1-3-6-15;/h4,8,10H,1-3,5-7,9,11H2,(H2,16,17);1H. The van der Waals surface area contributed by atoms with Gasteiger partial charge in [0.15, 0.2) is 0 Å². The molecule has 3 rings (SSSR count). The molecule has 1 saturated carbocycles. The first-order valence-corrected chi connectivity index (χ1v) is 7.19. The van der Waals surface area contributed by atoms with Gasteiger partial charge in [-0.15, -0.1) is 12.4 Å². The lowest BCUT2D eigenvalue weighted by molar-refractivity contribution is 0.0759. The van der Waals surface area contributed by atoms with E-state index in [9.17, 15) is 4.79 Å². The molecule has 1 aliphatic heterocycles. The van der Waals surface area contributed by atoms with Crippen LogP contribution < -0.4 is 5.73 Å². The van der Waals surface area contributed by atoms with Gasteiger partial charge in [-0.1, -0.05) is 19.3 Å². The van der Waals surface area contributed by atoms with Crippen molar-refractivity contribution in [3.05, 3.63) is 24.0 Å². The molecule has 110 valence electrons. The van der Waals surface area contributed by atoms with E-state index in [0.717, 1.165) is 19.5 Å². The molecule has 1 saturated heterocycles. The molecule has 1 spiro atoms. The van der Waals surface area contributed by atoms with E-state index in [1.54, 1.807) is 18.5 Å². The van der Waals surface area contributed by atoms with Crippen molar-refractivity contribution in [1.82, 2.24) is 9.88 Å². The summed E-state index contributed by atoms with van der Waals surface area (Å²) in [5, 5.41) is 0. The highest BCUT2D eigenvalue weighted by Crippen LogP contribution is 2.44. The zero-order valence-corrected chi connectivity index (χ0v) is 12.5. The van der Waals surface area contributed by atoms with Gasteiger partial charge in [-0.3, -0.25) is 9.78 Å². The second-order valence-corrected chi connectivity index (χ2v) is 6.00. The molecule has 2 fully saturated rings. The number of nitrogens with two attached hydrogens (primary N) is 1. The summed E-state index contributed by atoms with van der Waals surface area (Å²) in [6, 6.07) is 1.69. The third-order valence-corrected chi connectivity index (χ3v) is 4.72. The van der Waals surface area contributed by atoms with E-state index in [2.05, 4.69) is 4.98 Å².